The van der Waals surface area contributed by atoms with Crippen LogP contribution < -0.4 is 0 Å². The quantitative estimate of drug-likeness (QED) is 0.584. The van der Waals surface area contributed by atoms with Crippen LogP contribution in [0, 0.1) is 10.5 Å². The van der Waals surface area contributed by atoms with Crippen LogP contribution in [0.2, 0.25) is 5.02 Å². The molecule has 0 amide bonds. The van der Waals surface area contributed by atoms with Crippen molar-refractivity contribution >= 4 is 40.2 Å². The molecule has 6 heteroatoms. The van der Waals surface area contributed by atoms with Crippen LogP contribution in [0.25, 0.3) is 11.5 Å². The maximum atomic E-state index is 11.7. The highest BCUT2D eigenvalue weighted by Gasteiger charge is 2.20. The van der Waals surface area contributed by atoms with Crippen molar-refractivity contribution in [2.75, 3.05) is 6.61 Å². The van der Waals surface area contributed by atoms with Gasteiger partial charge in [-0.25, -0.2) is 9.78 Å². The normalized spacial score (nSPS) is 10.5. The maximum Gasteiger partial charge on any atom is 0.376 e. The monoisotopic (exact) mass is 391 g/mol. The van der Waals surface area contributed by atoms with Crippen molar-refractivity contribution in [3.63, 3.8) is 0 Å². The van der Waals surface area contributed by atoms with Crippen LogP contribution in [-0.4, -0.2) is 17.6 Å². The number of carbonyl (C=O) groups excluding carboxylic acids is 1. The van der Waals surface area contributed by atoms with Crippen molar-refractivity contribution in [1.29, 1.82) is 0 Å². The van der Waals surface area contributed by atoms with Crippen LogP contribution in [0.5, 0.6) is 0 Å². The number of nitrogens with zero attached hydrogens (tertiary/aromatic N) is 1. The largest absolute Gasteiger partial charge is 0.460 e. The lowest BCUT2D eigenvalue weighted by Crippen LogP contribution is -2.04. The first-order valence-corrected chi connectivity index (χ1v) is 7.08. The van der Waals surface area contributed by atoms with Gasteiger partial charge in [-0.2, -0.15) is 0 Å². The van der Waals surface area contributed by atoms with Crippen molar-refractivity contribution in [3.05, 3.63) is 38.2 Å². The van der Waals surface area contributed by atoms with Gasteiger partial charge in [0.25, 0.3) is 0 Å². The van der Waals surface area contributed by atoms with Crippen LogP contribution in [-0.2, 0) is 4.74 Å². The molecule has 1 aromatic carbocycles. The van der Waals surface area contributed by atoms with Crippen LogP contribution in [0.4, 0.5) is 0 Å². The molecule has 0 saturated carbocycles. The number of aryl methyl sites for hydroxylation is 1. The van der Waals surface area contributed by atoms with E-state index >= 15 is 0 Å². The predicted molar refractivity (Wildman–Crippen MR) is 80.4 cm³/mol. The van der Waals surface area contributed by atoms with Crippen LogP contribution in [0.3, 0.4) is 0 Å². The Kier molecular flexibility index (Phi) is 4.46. The lowest BCUT2D eigenvalue weighted by molar-refractivity contribution is 0.0490. The molecular formula is C13H11ClINO3. The topological polar surface area (TPSA) is 52.3 Å². The Labute approximate surface area is 129 Å². The van der Waals surface area contributed by atoms with E-state index in [0.29, 0.717) is 23.2 Å². The van der Waals surface area contributed by atoms with E-state index < -0.39 is 5.97 Å². The van der Waals surface area contributed by atoms with E-state index in [9.17, 15) is 4.79 Å². The summed E-state index contributed by atoms with van der Waals surface area (Å²) < 4.78 is 11.4. The first-order chi connectivity index (χ1) is 9.02. The van der Waals surface area contributed by atoms with Crippen molar-refractivity contribution < 1.29 is 13.9 Å². The van der Waals surface area contributed by atoms with Crippen LogP contribution >= 0.6 is 34.2 Å². The Balaban J connectivity index is 2.44. The number of rotatable bonds is 3. The van der Waals surface area contributed by atoms with Gasteiger partial charge < -0.3 is 9.15 Å². The summed E-state index contributed by atoms with van der Waals surface area (Å²) in [5.74, 6) is -0.00383. The average Bonchev–Trinajstić information content (AvgIpc) is 2.74. The molecule has 0 aliphatic carbocycles. The highest BCUT2D eigenvalue weighted by molar-refractivity contribution is 14.1. The Morgan fingerprint density at radius 1 is 1.53 bits per heavy atom. The third-order valence-corrected chi connectivity index (χ3v) is 3.59. The molecule has 0 unspecified atom stereocenters. The molecule has 0 atom stereocenters. The molecule has 0 saturated heterocycles. The number of carbonyl (C=O) groups is 1. The lowest BCUT2D eigenvalue weighted by Gasteiger charge is -2.00. The summed E-state index contributed by atoms with van der Waals surface area (Å²) in [7, 11) is 0. The molecule has 0 N–H and O–H groups in total. The second kappa shape index (κ2) is 5.92. The second-order valence-corrected chi connectivity index (χ2v) is 5.38. The minimum absolute atomic E-state index is 0.132. The SMILES string of the molecule is CCOC(=O)c1oc(-c2cc(Cl)ccc2I)nc1C. The molecule has 2 rings (SSSR count). The smallest absolute Gasteiger partial charge is 0.376 e. The number of hydrogen-bond acceptors (Lipinski definition) is 4. The zero-order valence-electron chi connectivity index (χ0n) is 10.4. The molecule has 2 aromatic rings. The Hall–Kier alpha value is -1.08. The van der Waals surface area contributed by atoms with Crippen molar-refractivity contribution in [2.45, 2.75) is 13.8 Å². The van der Waals surface area contributed by atoms with E-state index in [1.54, 1.807) is 26.0 Å². The highest BCUT2D eigenvalue weighted by Crippen LogP contribution is 2.29. The van der Waals surface area contributed by atoms with Gasteiger partial charge in [0.2, 0.25) is 11.7 Å². The summed E-state index contributed by atoms with van der Waals surface area (Å²) in [4.78, 5) is 15.9. The molecular weight excluding hydrogens is 381 g/mol. The van der Waals surface area contributed by atoms with Gasteiger partial charge in [0.05, 0.1) is 17.9 Å². The molecule has 19 heavy (non-hydrogen) atoms. The summed E-state index contributed by atoms with van der Waals surface area (Å²) in [5, 5.41) is 0.587. The molecule has 0 fully saturated rings. The fraction of sp³-hybridized carbons (Fsp3) is 0.231. The first kappa shape index (κ1) is 14.3. The number of aromatic nitrogens is 1. The summed E-state index contributed by atoms with van der Waals surface area (Å²) in [6.45, 7) is 3.74. The molecule has 0 radical (unpaired) electrons. The lowest BCUT2D eigenvalue weighted by atomic mass is 10.2. The van der Waals surface area contributed by atoms with E-state index in [1.807, 2.05) is 6.07 Å². The molecule has 0 bridgehead atoms. The van der Waals surface area contributed by atoms with Gasteiger partial charge >= 0.3 is 5.97 Å². The predicted octanol–water partition coefficient (Wildman–Crippen LogP) is 4.08. The van der Waals surface area contributed by atoms with Crippen molar-refractivity contribution in [2.24, 2.45) is 0 Å². The third kappa shape index (κ3) is 3.09. The van der Waals surface area contributed by atoms with Gasteiger partial charge in [0, 0.05) is 8.59 Å². The van der Waals surface area contributed by atoms with E-state index in [2.05, 4.69) is 27.6 Å². The van der Waals surface area contributed by atoms with E-state index in [-0.39, 0.29) is 5.76 Å². The zero-order valence-corrected chi connectivity index (χ0v) is 13.3. The van der Waals surface area contributed by atoms with Crippen LogP contribution in [0.1, 0.15) is 23.2 Å². The van der Waals surface area contributed by atoms with E-state index in [4.69, 9.17) is 20.8 Å². The van der Waals surface area contributed by atoms with Crippen LogP contribution in [0.15, 0.2) is 22.6 Å². The maximum absolute atomic E-state index is 11.7. The van der Waals surface area contributed by atoms with Crippen molar-refractivity contribution in [3.8, 4) is 11.5 Å². The molecule has 1 aromatic heterocycles. The van der Waals surface area contributed by atoms with Gasteiger partial charge in [-0.15, -0.1) is 0 Å². The molecule has 4 nitrogen and oxygen atoms in total. The van der Waals surface area contributed by atoms with E-state index in [1.165, 1.54) is 0 Å². The minimum atomic E-state index is -0.504. The number of halogens is 2. The minimum Gasteiger partial charge on any atom is -0.460 e. The molecule has 0 spiro atoms. The second-order valence-electron chi connectivity index (χ2n) is 3.78. The fourth-order valence-corrected chi connectivity index (χ4v) is 2.30. The summed E-state index contributed by atoms with van der Waals surface area (Å²) in [6.07, 6.45) is 0. The van der Waals surface area contributed by atoms with Gasteiger partial charge in [-0.05, 0) is 54.6 Å². The standard InChI is InChI=1S/C13H11ClINO3/c1-3-18-13(17)11-7(2)16-12(19-11)9-6-8(14)4-5-10(9)15/h4-6H,3H2,1-2H3. The van der Waals surface area contributed by atoms with Crippen molar-refractivity contribution in [1.82, 2.24) is 4.98 Å². The number of ether oxygens (including phenoxy) is 1. The van der Waals surface area contributed by atoms with Gasteiger partial charge in [0.1, 0.15) is 0 Å². The summed E-state index contributed by atoms with van der Waals surface area (Å²) in [6, 6.07) is 5.40. The molecule has 100 valence electrons. The molecule has 0 aliphatic rings. The average molecular weight is 392 g/mol. The fourth-order valence-electron chi connectivity index (χ4n) is 1.56. The first-order valence-electron chi connectivity index (χ1n) is 5.63. The Morgan fingerprint density at radius 3 is 2.95 bits per heavy atom. The molecule has 1 heterocycles. The Morgan fingerprint density at radius 2 is 2.26 bits per heavy atom. The van der Waals surface area contributed by atoms with Gasteiger partial charge in [0.15, 0.2) is 0 Å². The number of oxazole rings is 1. The number of hydrogen-bond donors (Lipinski definition) is 0. The van der Waals surface area contributed by atoms with Gasteiger partial charge in [-0.3, -0.25) is 0 Å². The molecule has 0 aliphatic heterocycles. The Bertz CT molecular complexity index is 624. The highest BCUT2D eigenvalue weighted by atomic mass is 127. The third-order valence-electron chi connectivity index (χ3n) is 2.42. The summed E-state index contributed by atoms with van der Waals surface area (Å²) in [5.41, 5.74) is 1.26. The number of esters is 1. The summed E-state index contributed by atoms with van der Waals surface area (Å²) >= 11 is 8.12. The zero-order chi connectivity index (χ0) is 14.0. The van der Waals surface area contributed by atoms with Gasteiger partial charge in [-0.1, -0.05) is 11.6 Å². The number of benzene rings is 1. The van der Waals surface area contributed by atoms with E-state index in [0.717, 1.165) is 9.13 Å².